The van der Waals surface area contributed by atoms with Gasteiger partial charge in [-0.1, -0.05) is 23.8 Å². The second kappa shape index (κ2) is 4.73. The first-order chi connectivity index (χ1) is 8.06. The van der Waals surface area contributed by atoms with Gasteiger partial charge in [0.25, 0.3) is 0 Å². The van der Waals surface area contributed by atoms with Crippen LogP contribution in [-0.2, 0) is 0 Å². The van der Waals surface area contributed by atoms with E-state index < -0.39 is 0 Å². The second-order valence-corrected chi connectivity index (χ2v) is 4.37. The number of hydrogen-bond donors (Lipinski definition) is 2. The minimum Gasteiger partial charge on any atom is -0.437 e. The largest absolute Gasteiger partial charge is 0.437 e. The molecule has 17 heavy (non-hydrogen) atoms. The fraction of sp³-hybridized carbons (Fsp3) is 0.0909. The molecule has 0 aliphatic rings. The van der Waals surface area contributed by atoms with Crippen LogP contribution in [0.1, 0.15) is 11.3 Å². The molecule has 0 saturated heterocycles. The Balaban J connectivity index is 2.35. The molecule has 0 spiro atoms. The van der Waals surface area contributed by atoms with Crippen molar-refractivity contribution in [2.45, 2.75) is 6.92 Å². The highest BCUT2D eigenvalue weighted by molar-refractivity contribution is 7.80. The van der Waals surface area contributed by atoms with Crippen LogP contribution in [0.15, 0.2) is 24.3 Å². The number of nitrogens with two attached hydrogens (primary N) is 1. The molecule has 4 nitrogen and oxygen atoms in total. The van der Waals surface area contributed by atoms with E-state index in [0.717, 1.165) is 5.69 Å². The molecule has 3 N–H and O–H groups in total. The molecule has 0 fully saturated rings. The van der Waals surface area contributed by atoms with Crippen molar-refractivity contribution < 1.29 is 4.74 Å². The molecule has 1 aromatic carbocycles. The molecule has 0 aliphatic carbocycles. The zero-order valence-electron chi connectivity index (χ0n) is 9.03. The second-order valence-electron chi connectivity index (χ2n) is 3.50. The van der Waals surface area contributed by atoms with E-state index in [9.17, 15) is 0 Å². The maximum atomic E-state index is 5.88. The Morgan fingerprint density at radius 1 is 1.47 bits per heavy atom. The molecule has 2 aromatic rings. The summed E-state index contributed by atoms with van der Waals surface area (Å²) in [6.45, 7) is 1.89. The minimum absolute atomic E-state index is 0.231. The van der Waals surface area contributed by atoms with E-state index in [1.807, 2.05) is 6.92 Å². The van der Waals surface area contributed by atoms with E-state index in [-0.39, 0.29) is 4.99 Å². The van der Waals surface area contributed by atoms with Gasteiger partial charge in [-0.2, -0.15) is 0 Å². The van der Waals surface area contributed by atoms with E-state index in [1.54, 1.807) is 24.3 Å². The quantitative estimate of drug-likeness (QED) is 0.840. The number of aromatic amines is 1. The summed E-state index contributed by atoms with van der Waals surface area (Å²) in [7, 11) is 0. The van der Waals surface area contributed by atoms with E-state index in [1.165, 1.54) is 0 Å². The number of nitrogens with one attached hydrogen (secondary N) is 1. The number of rotatable bonds is 3. The Kier molecular flexibility index (Phi) is 3.31. The summed E-state index contributed by atoms with van der Waals surface area (Å²) in [5, 5.41) is 7.31. The maximum Gasteiger partial charge on any atom is 0.238 e. The Labute approximate surface area is 109 Å². The van der Waals surface area contributed by atoms with Crippen molar-refractivity contribution in [3.63, 3.8) is 0 Å². The third kappa shape index (κ3) is 2.75. The summed E-state index contributed by atoms with van der Waals surface area (Å²) >= 11 is 10.8. The van der Waals surface area contributed by atoms with Crippen molar-refractivity contribution in [3.05, 3.63) is 40.5 Å². The van der Waals surface area contributed by atoms with Crippen LogP contribution >= 0.6 is 23.8 Å². The Morgan fingerprint density at radius 2 is 2.24 bits per heavy atom. The smallest absolute Gasteiger partial charge is 0.238 e. The third-order valence-electron chi connectivity index (χ3n) is 2.10. The van der Waals surface area contributed by atoms with Gasteiger partial charge < -0.3 is 10.5 Å². The van der Waals surface area contributed by atoms with Gasteiger partial charge >= 0.3 is 0 Å². The standard InChI is InChI=1S/C11H10ClN3OS/c1-6-4-10(15-14-6)16-9-3-2-7(12)5-8(9)11(13)17/h2-5H,1H3,(H2,13,17)(H,14,15). The lowest BCUT2D eigenvalue weighted by Crippen LogP contribution is -2.10. The number of halogens is 1. The van der Waals surface area contributed by atoms with E-state index in [4.69, 9.17) is 34.3 Å². The lowest BCUT2D eigenvalue weighted by molar-refractivity contribution is 0.461. The highest BCUT2D eigenvalue weighted by atomic mass is 35.5. The number of H-pyrrole nitrogens is 1. The number of ether oxygens (including phenoxy) is 1. The van der Waals surface area contributed by atoms with Gasteiger partial charge in [0.1, 0.15) is 10.7 Å². The number of hydrogen-bond acceptors (Lipinski definition) is 3. The van der Waals surface area contributed by atoms with E-state index >= 15 is 0 Å². The summed E-state index contributed by atoms with van der Waals surface area (Å²) in [6.07, 6.45) is 0. The van der Waals surface area contributed by atoms with Crippen molar-refractivity contribution in [3.8, 4) is 11.6 Å². The molecule has 0 atom stereocenters. The number of thiocarbonyl (C=S) groups is 1. The number of aromatic nitrogens is 2. The molecular formula is C11H10ClN3OS. The van der Waals surface area contributed by atoms with E-state index in [2.05, 4.69) is 10.2 Å². The third-order valence-corrected chi connectivity index (χ3v) is 2.56. The lowest BCUT2D eigenvalue weighted by Gasteiger charge is -2.08. The molecule has 88 valence electrons. The van der Waals surface area contributed by atoms with Gasteiger partial charge in [-0.15, -0.1) is 5.10 Å². The normalized spacial score (nSPS) is 10.2. The summed E-state index contributed by atoms with van der Waals surface area (Å²) in [5.74, 6) is 0.996. The van der Waals surface area contributed by atoms with Gasteiger partial charge in [-0.05, 0) is 25.1 Å². The topological polar surface area (TPSA) is 63.9 Å². The molecule has 1 heterocycles. The fourth-order valence-corrected chi connectivity index (χ4v) is 1.67. The van der Waals surface area contributed by atoms with Crippen LogP contribution in [0.3, 0.4) is 0 Å². The number of aryl methyl sites for hydroxylation is 1. The molecule has 0 bridgehead atoms. The van der Waals surface area contributed by atoms with Crippen LogP contribution in [0.5, 0.6) is 11.6 Å². The summed E-state index contributed by atoms with van der Waals surface area (Å²) in [4.78, 5) is 0.231. The molecule has 0 amide bonds. The van der Waals surface area contributed by atoms with Gasteiger partial charge in [-0.25, -0.2) is 0 Å². The monoisotopic (exact) mass is 267 g/mol. The van der Waals surface area contributed by atoms with Crippen LogP contribution < -0.4 is 10.5 Å². The molecule has 0 saturated carbocycles. The van der Waals surface area contributed by atoms with Crippen molar-refractivity contribution in [2.24, 2.45) is 5.73 Å². The molecule has 6 heteroatoms. The minimum atomic E-state index is 0.231. The van der Waals surface area contributed by atoms with Crippen LogP contribution in [0, 0.1) is 6.92 Å². The van der Waals surface area contributed by atoms with Gasteiger partial charge in [0.15, 0.2) is 0 Å². The Bertz CT molecular complexity index is 568. The van der Waals surface area contributed by atoms with Gasteiger partial charge in [0.05, 0.1) is 5.56 Å². The van der Waals surface area contributed by atoms with Gasteiger partial charge in [0, 0.05) is 16.8 Å². The summed E-state index contributed by atoms with van der Waals surface area (Å²) < 4.78 is 5.58. The van der Waals surface area contributed by atoms with Gasteiger partial charge in [0.2, 0.25) is 5.88 Å². The molecule has 0 aliphatic heterocycles. The highest BCUT2D eigenvalue weighted by Crippen LogP contribution is 2.27. The van der Waals surface area contributed by atoms with Crippen LogP contribution in [0.2, 0.25) is 5.02 Å². The zero-order chi connectivity index (χ0) is 12.4. The van der Waals surface area contributed by atoms with Crippen LogP contribution in [0.4, 0.5) is 0 Å². The first kappa shape index (κ1) is 11.9. The average Bonchev–Trinajstić information content (AvgIpc) is 2.66. The summed E-state index contributed by atoms with van der Waals surface area (Å²) in [6, 6.07) is 6.86. The average molecular weight is 268 g/mol. The number of benzene rings is 1. The first-order valence-electron chi connectivity index (χ1n) is 4.85. The maximum absolute atomic E-state index is 5.88. The SMILES string of the molecule is Cc1cc(Oc2ccc(Cl)cc2C(N)=S)n[nH]1. The zero-order valence-corrected chi connectivity index (χ0v) is 10.6. The first-order valence-corrected chi connectivity index (χ1v) is 5.64. The molecule has 1 aromatic heterocycles. The predicted octanol–water partition coefficient (Wildman–Crippen LogP) is 2.80. The van der Waals surface area contributed by atoms with Crippen molar-refractivity contribution in [2.75, 3.05) is 0 Å². The van der Waals surface area contributed by atoms with Crippen molar-refractivity contribution in [1.82, 2.24) is 10.2 Å². The Hall–Kier alpha value is -1.59. The number of nitrogens with zero attached hydrogens (tertiary/aromatic N) is 1. The van der Waals surface area contributed by atoms with Crippen molar-refractivity contribution >= 4 is 28.8 Å². The van der Waals surface area contributed by atoms with Crippen LogP contribution in [-0.4, -0.2) is 15.2 Å². The molecule has 2 rings (SSSR count). The lowest BCUT2D eigenvalue weighted by atomic mass is 10.2. The Morgan fingerprint density at radius 3 is 2.82 bits per heavy atom. The fourth-order valence-electron chi connectivity index (χ4n) is 1.34. The summed E-state index contributed by atoms with van der Waals surface area (Å²) in [5.41, 5.74) is 7.11. The van der Waals surface area contributed by atoms with Crippen LogP contribution in [0.25, 0.3) is 0 Å². The molecular weight excluding hydrogens is 258 g/mol. The highest BCUT2D eigenvalue weighted by Gasteiger charge is 2.09. The van der Waals surface area contributed by atoms with Gasteiger partial charge in [-0.3, -0.25) is 5.10 Å². The molecule has 0 radical (unpaired) electrons. The predicted molar refractivity (Wildman–Crippen MR) is 70.7 cm³/mol. The van der Waals surface area contributed by atoms with Crippen molar-refractivity contribution in [1.29, 1.82) is 0 Å². The van der Waals surface area contributed by atoms with E-state index in [0.29, 0.717) is 22.2 Å². The molecule has 0 unspecified atom stereocenters.